The van der Waals surface area contributed by atoms with E-state index >= 15 is 0 Å². The molecule has 0 aliphatic heterocycles. The monoisotopic (exact) mass is 325 g/mol. The van der Waals surface area contributed by atoms with Crippen molar-refractivity contribution in [3.8, 4) is 5.75 Å². The smallest absolute Gasteiger partial charge is 0.254 e. The Hall–Kier alpha value is -3.02. The summed E-state index contributed by atoms with van der Waals surface area (Å²) in [5.74, 6) is 0.378. The van der Waals surface area contributed by atoms with Crippen molar-refractivity contribution in [2.45, 2.75) is 13.5 Å². The number of carbonyl (C=O) groups is 1. The first-order valence-corrected chi connectivity index (χ1v) is 7.70. The number of hydrogen-bond donors (Lipinski definition) is 2. The number of ether oxygens (including phenoxy) is 1. The van der Waals surface area contributed by atoms with Crippen LogP contribution in [0.2, 0.25) is 0 Å². The molecule has 124 valence electrons. The van der Waals surface area contributed by atoms with Crippen LogP contribution in [-0.4, -0.2) is 29.1 Å². The lowest BCUT2D eigenvalue weighted by molar-refractivity contribution is 0.0953. The maximum absolute atomic E-state index is 12.3. The number of para-hydroxylation sites is 1. The summed E-state index contributed by atoms with van der Waals surface area (Å²) in [6, 6.07) is 10.9. The highest BCUT2D eigenvalue weighted by Crippen LogP contribution is 2.17. The fraction of sp³-hybridized carbons (Fsp3) is 0.222. The number of hydrogen-bond acceptors (Lipinski definition) is 3. The Kier molecular flexibility index (Phi) is 4.37. The van der Waals surface area contributed by atoms with E-state index in [4.69, 9.17) is 4.74 Å². The van der Waals surface area contributed by atoms with Gasteiger partial charge in [0.2, 0.25) is 0 Å². The van der Waals surface area contributed by atoms with Gasteiger partial charge in [-0.25, -0.2) is 0 Å². The number of aryl methyl sites for hydroxylation is 1. The van der Waals surface area contributed by atoms with Gasteiger partial charge in [0.15, 0.2) is 0 Å². The fourth-order valence-electron chi connectivity index (χ4n) is 2.74. The minimum absolute atomic E-state index is 0.145. The predicted octanol–water partition coefficient (Wildman–Crippen LogP) is 2.08. The molecule has 0 unspecified atom stereocenters. The summed E-state index contributed by atoms with van der Waals surface area (Å²) in [7, 11) is 1.53. The number of aromatic nitrogens is 2. The van der Waals surface area contributed by atoms with E-state index in [0.717, 1.165) is 16.6 Å². The van der Waals surface area contributed by atoms with E-state index in [1.165, 1.54) is 13.2 Å². The lowest BCUT2D eigenvalue weighted by Gasteiger charge is -2.11. The third-order valence-corrected chi connectivity index (χ3v) is 4.00. The molecule has 0 bridgehead atoms. The van der Waals surface area contributed by atoms with Gasteiger partial charge in [-0.05, 0) is 19.1 Å². The molecule has 0 fully saturated rings. The lowest BCUT2D eigenvalue weighted by atomic mass is 10.1. The first kappa shape index (κ1) is 15.9. The SMILES string of the molecule is COc1cc(C)n(CCNC(=O)c2c[nH]c3ccccc23)c(=O)c1. The highest BCUT2D eigenvalue weighted by atomic mass is 16.5. The molecule has 6 nitrogen and oxygen atoms in total. The molecule has 2 N–H and O–H groups in total. The summed E-state index contributed by atoms with van der Waals surface area (Å²) in [4.78, 5) is 27.5. The van der Waals surface area contributed by atoms with Crippen molar-refractivity contribution in [3.63, 3.8) is 0 Å². The Labute approximate surface area is 139 Å². The largest absolute Gasteiger partial charge is 0.496 e. The minimum Gasteiger partial charge on any atom is -0.496 e. The maximum Gasteiger partial charge on any atom is 0.254 e. The molecule has 24 heavy (non-hydrogen) atoms. The molecule has 0 spiro atoms. The number of nitrogens with one attached hydrogen (secondary N) is 2. The number of methoxy groups -OCH3 is 1. The van der Waals surface area contributed by atoms with Crippen LogP contribution >= 0.6 is 0 Å². The van der Waals surface area contributed by atoms with Crippen LogP contribution in [-0.2, 0) is 6.54 Å². The van der Waals surface area contributed by atoms with E-state index in [9.17, 15) is 9.59 Å². The molecule has 1 amide bonds. The summed E-state index contributed by atoms with van der Waals surface area (Å²) in [6.07, 6.45) is 1.70. The molecule has 6 heteroatoms. The van der Waals surface area contributed by atoms with Crippen LogP contribution in [0, 0.1) is 6.92 Å². The van der Waals surface area contributed by atoms with Gasteiger partial charge in [0.1, 0.15) is 5.75 Å². The van der Waals surface area contributed by atoms with Gasteiger partial charge in [0, 0.05) is 41.9 Å². The van der Waals surface area contributed by atoms with Gasteiger partial charge in [-0.3, -0.25) is 9.59 Å². The van der Waals surface area contributed by atoms with E-state index in [1.54, 1.807) is 16.8 Å². The molecule has 2 aromatic heterocycles. The minimum atomic E-state index is -0.160. The number of aromatic amines is 1. The van der Waals surface area contributed by atoms with Gasteiger partial charge in [0.25, 0.3) is 11.5 Å². The summed E-state index contributed by atoms with van der Waals surface area (Å²) in [5, 5.41) is 3.74. The Morgan fingerprint density at radius 1 is 1.29 bits per heavy atom. The molecule has 0 radical (unpaired) electrons. The van der Waals surface area contributed by atoms with Crippen molar-refractivity contribution >= 4 is 16.8 Å². The summed E-state index contributed by atoms with van der Waals surface area (Å²) >= 11 is 0. The van der Waals surface area contributed by atoms with Crippen molar-refractivity contribution in [2.75, 3.05) is 13.7 Å². The van der Waals surface area contributed by atoms with Crippen LogP contribution in [0.5, 0.6) is 5.75 Å². The third kappa shape index (κ3) is 3.03. The van der Waals surface area contributed by atoms with Gasteiger partial charge in [-0.1, -0.05) is 18.2 Å². The summed E-state index contributed by atoms with van der Waals surface area (Å²) in [5.41, 5.74) is 2.17. The van der Waals surface area contributed by atoms with E-state index in [2.05, 4.69) is 10.3 Å². The average molecular weight is 325 g/mol. The van der Waals surface area contributed by atoms with E-state index in [-0.39, 0.29) is 11.5 Å². The predicted molar refractivity (Wildman–Crippen MR) is 92.6 cm³/mol. The fourth-order valence-corrected chi connectivity index (χ4v) is 2.74. The molecule has 0 atom stereocenters. The van der Waals surface area contributed by atoms with Crippen LogP contribution < -0.4 is 15.6 Å². The van der Waals surface area contributed by atoms with Crippen molar-refractivity contribution in [1.29, 1.82) is 0 Å². The standard InChI is InChI=1S/C18H19N3O3/c1-12-9-13(24-2)10-17(22)21(12)8-7-19-18(23)15-11-20-16-6-4-3-5-14(15)16/h3-6,9-11,20H,7-8H2,1-2H3,(H,19,23). The Bertz CT molecular complexity index is 940. The molecule has 3 rings (SSSR count). The quantitative estimate of drug-likeness (QED) is 0.754. The molecule has 1 aromatic carbocycles. The van der Waals surface area contributed by atoms with E-state index in [1.807, 2.05) is 31.2 Å². The van der Waals surface area contributed by atoms with Crippen LogP contribution in [0.15, 0.2) is 47.4 Å². The van der Waals surface area contributed by atoms with Crippen LogP contribution in [0.25, 0.3) is 10.9 Å². The zero-order chi connectivity index (χ0) is 17.1. The first-order chi connectivity index (χ1) is 11.6. The molecule has 2 heterocycles. The van der Waals surface area contributed by atoms with Crippen molar-refractivity contribution in [2.24, 2.45) is 0 Å². The number of benzene rings is 1. The molecule has 0 aliphatic rings. The zero-order valence-corrected chi connectivity index (χ0v) is 13.6. The van der Waals surface area contributed by atoms with Gasteiger partial charge in [-0.2, -0.15) is 0 Å². The number of fused-ring (bicyclic) bond motifs is 1. The number of carbonyl (C=O) groups excluding carboxylic acids is 1. The molecule has 0 saturated heterocycles. The molecule has 3 aromatic rings. The second-order valence-electron chi connectivity index (χ2n) is 5.53. The summed E-state index contributed by atoms with van der Waals surface area (Å²) < 4.78 is 6.69. The number of H-pyrrole nitrogens is 1. The highest BCUT2D eigenvalue weighted by molar-refractivity contribution is 6.06. The van der Waals surface area contributed by atoms with Crippen LogP contribution in [0.4, 0.5) is 0 Å². The van der Waals surface area contributed by atoms with Crippen LogP contribution in [0.3, 0.4) is 0 Å². The van der Waals surface area contributed by atoms with Gasteiger partial charge in [-0.15, -0.1) is 0 Å². The Balaban J connectivity index is 1.69. The van der Waals surface area contributed by atoms with E-state index in [0.29, 0.717) is 24.4 Å². The van der Waals surface area contributed by atoms with Crippen molar-refractivity contribution in [1.82, 2.24) is 14.9 Å². The molecular formula is C18H19N3O3. The molecule has 0 aliphatic carbocycles. The topological polar surface area (TPSA) is 76.1 Å². The Morgan fingerprint density at radius 2 is 2.08 bits per heavy atom. The molecular weight excluding hydrogens is 306 g/mol. The average Bonchev–Trinajstić information content (AvgIpc) is 3.01. The normalized spacial score (nSPS) is 10.8. The van der Waals surface area contributed by atoms with Crippen LogP contribution in [0.1, 0.15) is 16.1 Å². The number of amides is 1. The first-order valence-electron chi connectivity index (χ1n) is 7.70. The lowest BCUT2D eigenvalue weighted by Crippen LogP contribution is -2.31. The third-order valence-electron chi connectivity index (χ3n) is 4.00. The van der Waals surface area contributed by atoms with E-state index < -0.39 is 0 Å². The maximum atomic E-state index is 12.3. The molecule has 0 saturated carbocycles. The number of nitrogens with zero attached hydrogens (tertiary/aromatic N) is 1. The summed E-state index contributed by atoms with van der Waals surface area (Å²) in [6.45, 7) is 2.61. The van der Waals surface area contributed by atoms with Gasteiger partial charge < -0.3 is 19.6 Å². The van der Waals surface area contributed by atoms with Gasteiger partial charge in [0.05, 0.1) is 12.7 Å². The van der Waals surface area contributed by atoms with Crippen molar-refractivity contribution in [3.05, 3.63) is 64.2 Å². The highest BCUT2D eigenvalue weighted by Gasteiger charge is 2.11. The van der Waals surface area contributed by atoms with Gasteiger partial charge >= 0.3 is 0 Å². The second kappa shape index (κ2) is 6.62. The zero-order valence-electron chi connectivity index (χ0n) is 13.6. The van der Waals surface area contributed by atoms with Crippen molar-refractivity contribution < 1.29 is 9.53 Å². The Morgan fingerprint density at radius 3 is 2.83 bits per heavy atom. The number of pyridine rings is 1. The second-order valence-corrected chi connectivity index (χ2v) is 5.53. The number of rotatable bonds is 5.